The average molecular weight is 321 g/mol. The van der Waals surface area contributed by atoms with Crippen LogP contribution in [0.25, 0.3) is 10.1 Å². The number of hydrogen-bond acceptors (Lipinski definition) is 3. The van der Waals surface area contributed by atoms with Crippen LogP contribution < -0.4 is 11.1 Å². The van der Waals surface area contributed by atoms with Gasteiger partial charge in [-0.15, -0.1) is 11.3 Å². The Morgan fingerprint density at radius 2 is 2.00 bits per heavy atom. The Balaban J connectivity index is 1.87. The lowest BCUT2D eigenvalue weighted by atomic mass is 10.2. The van der Waals surface area contributed by atoms with E-state index in [-0.39, 0.29) is 11.7 Å². The SMILES string of the molecule is Nc1ccc(NC(=O)c2cc3ccc(F)cc3s2)cc1Cl. The van der Waals surface area contributed by atoms with Crippen molar-refractivity contribution in [2.75, 3.05) is 11.1 Å². The molecule has 3 rings (SSSR count). The number of fused-ring (bicyclic) bond motifs is 1. The molecular weight excluding hydrogens is 311 g/mol. The molecule has 0 atom stereocenters. The number of carbonyl (C=O) groups excluding carboxylic acids is 1. The zero-order chi connectivity index (χ0) is 15.0. The standard InChI is InChI=1S/C15H10ClFN2OS/c16-11-7-10(3-4-12(11)18)19-15(20)14-5-8-1-2-9(17)6-13(8)21-14/h1-7H,18H2,(H,19,20). The van der Waals surface area contributed by atoms with Crippen LogP contribution in [0.2, 0.25) is 5.02 Å². The summed E-state index contributed by atoms with van der Waals surface area (Å²) in [5.74, 6) is -0.584. The third-order valence-electron chi connectivity index (χ3n) is 2.96. The van der Waals surface area contributed by atoms with Gasteiger partial charge in [-0.25, -0.2) is 4.39 Å². The Kier molecular flexibility index (Phi) is 3.53. The maximum absolute atomic E-state index is 13.2. The highest BCUT2D eigenvalue weighted by Crippen LogP contribution is 2.28. The number of nitrogen functional groups attached to an aromatic ring is 1. The van der Waals surface area contributed by atoms with Crippen molar-refractivity contribution >= 4 is 50.3 Å². The lowest BCUT2D eigenvalue weighted by molar-refractivity contribution is 0.103. The van der Waals surface area contributed by atoms with E-state index in [0.717, 1.165) is 10.1 Å². The molecule has 2 aromatic carbocycles. The lowest BCUT2D eigenvalue weighted by Gasteiger charge is -2.05. The largest absolute Gasteiger partial charge is 0.398 e. The van der Waals surface area contributed by atoms with E-state index < -0.39 is 0 Å². The van der Waals surface area contributed by atoms with E-state index in [9.17, 15) is 9.18 Å². The van der Waals surface area contributed by atoms with Gasteiger partial charge in [-0.3, -0.25) is 4.79 Å². The first-order chi connectivity index (χ1) is 10.0. The number of carbonyl (C=O) groups is 1. The predicted octanol–water partition coefficient (Wildman–Crippen LogP) is 4.53. The van der Waals surface area contributed by atoms with Gasteiger partial charge in [0.2, 0.25) is 0 Å². The van der Waals surface area contributed by atoms with Crippen LogP contribution in [0, 0.1) is 5.82 Å². The van der Waals surface area contributed by atoms with Gasteiger partial charge in [0, 0.05) is 10.4 Å². The second kappa shape index (κ2) is 5.35. The van der Waals surface area contributed by atoms with Crippen LogP contribution in [0.3, 0.4) is 0 Å². The summed E-state index contributed by atoms with van der Waals surface area (Å²) >= 11 is 7.15. The maximum atomic E-state index is 13.2. The Morgan fingerprint density at radius 3 is 2.76 bits per heavy atom. The van der Waals surface area contributed by atoms with Crippen molar-refractivity contribution in [2.45, 2.75) is 0 Å². The molecule has 1 amide bonds. The minimum absolute atomic E-state index is 0.266. The zero-order valence-corrected chi connectivity index (χ0v) is 12.3. The average Bonchev–Trinajstić information content (AvgIpc) is 2.86. The number of nitrogens with two attached hydrogens (primary N) is 1. The first-order valence-electron chi connectivity index (χ1n) is 6.08. The van der Waals surface area contributed by atoms with Gasteiger partial charge < -0.3 is 11.1 Å². The van der Waals surface area contributed by atoms with E-state index >= 15 is 0 Å². The van der Waals surface area contributed by atoms with Crippen LogP contribution in [0.15, 0.2) is 42.5 Å². The van der Waals surface area contributed by atoms with Gasteiger partial charge in [0.1, 0.15) is 5.82 Å². The number of thiophene rings is 1. The van der Waals surface area contributed by atoms with E-state index in [1.54, 1.807) is 30.3 Å². The molecule has 3 aromatic rings. The highest BCUT2D eigenvalue weighted by molar-refractivity contribution is 7.20. The minimum atomic E-state index is -0.318. The van der Waals surface area contributed by atoms with Crippen LogP contribution in [-0.4, -0.2) is 5.91 Å². The summed E-state index contributed by atoms with van der Waals surface area (Å²) < 4.78 is 13.9. The number of benzene rings is 2. The Hall–Kier alpha value is -2.11. The third kappa shape index (κ3) is 2.84. The van der Waals surface area contributed by atoms with Crippen molar-refractivity contribution in [1.29, 1.82) is 0 Å². The Bertz CT molecular complexity index is 847. The molecule has 0 fully saturated rings. The molecule has 0 aliphatic carbocycles. The molecule has 6 heteroatoms. The van der Waals surface area contributed by atoms with Crippen LogP contribution in [-0.2, 0) is 0 Å². The van der Waals surface area contributed by atoms with Crippen molar-refractivity contribution in [2.24, 2.45) is 0 Å². The highest BCUT2D eigenvalue weighted by Gasteiger charge is 2.11. The normalized spacial score (nSPS) is 10.8. The number of halogens is 2. The molecule has 1 heterocycles. The molecule has 3 N–H and O–H groups in total. The third-order valence-corrected chi connectivity index (χ3v) is 4.39. The zero-order valence-electron chi connectivity index (χ0n) is 10.7. The van der Waals surface area contributed by atoms with Crippen LogP contribution in [0.5, 0.6) is 0 Å². The van der Waals surface area contributed by atoms with Crippen molar-refractivity contribution in [3.8, 4) is 0 Å². The number of rotatable bonds is 2. The van der Waals surface area contributed by atoms with Gasteiger partial charge >= 0.3 is 0 Å². The van der Waals surface area contributed by atoms with E-state index in [2.05, 4.69) is 5.32 Å². The Morgan fingerprint density at radius 1 is 1.19 bits per heavy atom. The number of hydrogen-bond donors (Lipinski definition) is 2. The van der Waals surface area contributed by atoms with Crippen molar-refractivity contribution in [1.82, 2.24) is 0 Å². The Labute approximate surface area is 129 Å². The smallest absolute Gasteiger partial charge is 0.265 e. The highest BCUT2D eigenvalue weighted by atomic mass is 35.5. The molecule has 0 spiro atoms. The molecule has 0 saturated heterocycles. The van der Waals surface area contributed by atoms with E-state index in [4.69, 9.17) is 17.3 Å². The van der Waals surface area contributed by atoms with E-state index in [1.165, 1.54) is 23.5 Å². The van der Waals surface area contributed by atoms with Gasteiger partial charge in [-0.05, 0) is 41.8 Å². The molecule has 106 valence electrons. The molecular formula is C15H10ClFN2OS. The van der Waals surface area contributed by atoms with Gasteiger partial charge in [0.15, 0.2) is 0 Å². The molecule has 0 aliphatic rings. The lowest BCUT2D eigenvalue weighted by Crippen LogP contribution is -2.10. The first kappa shape index (κ1) is 13.9. The fourth-order valence-electron chi connectivity index (χ4n) is 1.91. The summed E-state index contributed by atoms with van der Waals surface area (Å²) in [6.07, 6.45) is 0. The first-order valence-corrected chi connectivity index (χ1v) is 7.28. The summed E-state index contributed by atoms with van der Waals surface area (Å²) in [6, 6.07) is 11.0. The van der Waals surface area contributed by atoms with Gasteiger partial charge in [0.25, 0.3) is 5.91 Å². The fraction of sp³-hybridized carbons (Fsp3) is 0. The second-order valence-corrected chi connectivity index (χ2v) is 5.97. The molecule has 0 bridgehead atoms. The van der Waals surface area contributed by atoms with Crippen LogP contribution in [0.4, 0.5) is 15.8 Å². The number of amides is 1. The minimum Gasteiger partial charge on any atom is -0.398 e. The second-order valence-electron chi connectivity index (χ2n) is 4.48. The van der Waals surface area contributed by atoms with Crippen molar-refractivity contribution in [3.05, 3.63) is 58.2 Å². The van der Waals surface area contributed by atoms with E-state index in [0.29, 0.717) is 21.3 Å². The molecule has 0 aliphatic heterocycles. The molecule has 0 unspecified atom stereocenters. The summed E-state index contributed by atoms with van der Waals surface area (Å²) in [5.41, 5.74) is 6.63. The van der Waals surface area contributed by atoms with Crippen LogP contribution >= 0.6 is 22.9 Å². The van der Waals surface area contributed by atoms with Crippen molar-refractivity contribution < 1.29 is 9.18 Å². The fourth-order valence-corrected chi connectivity index (χ4v) is 3.08. The number of anilines is 2. The quantitative estimate of drug-likeness (QED) is 0.682. The summed E-state index contributed by atoms with van der Waals surface area (Å²) in [4.78, 5) is 12.7. The summed E-state index contributed by atoms with van der Waals surface area (Å²) in [7, 11) is 0. The number of nitrogens with one attached hydrogen (secondary N) is 1. The monoisotopic (exact) mass is 320 g/mol. The van der Waals surface area contributed by atoms with Crippen LogP contribution in [0.1, 0.15) is 9.67 Å². The van der Waals surface area contributed by atoms with Gasteiger partial charge in [-0.1, -0.05) is 17.7 Å². The van der Waals surface area contributed by atoms with Gasteiger partial charge in [-0.2, -0.15) is 0 Å². The molecule has 3 nitrogen and oxygen atoms in total. The van der Waals surface area contributed by atoms with Gasteiger partial charge in [0.05, 0.1) is 15.6 Å². The predicted molar refractivity (Wildman–Crippen MR) is 85.6 cm³/mol. The van der Waals surface area contributed by atoms with E-state index in [1.807, 2.05) is 0 Å². The van der Waals surface area contributed by atoms with Crippen molar-refractivity contribution in [3.63, 3.8) is 0 Å². The molecule has 0 radical (unpaired) electrons. The summed E-state index contributed by atoms with van der Waals surface area (Å²) in [5, 5.41) is 3.96. The molecule has 21 heavy (non-hydrogen) atoms. The molecule has 1 aromatic heterocycles. The summed E-state index contributed by atoms with van der Waals surface area (Å²) in [6.45, 7) is 0. The maximum Gasteiger partial charge on any atom is 0.265 e. The molecule has 0 saturated carbocycles. The topological polar surface area (TPSA) is 55.1 Å².